The summed E-state index contributed by atoms with van der Waals surface area (Å²) in [6.07, 6.45) is 4.99. The molecule has 0 bridgehead atoms. The third-order valence-electron chi connectivity index (χ3n) is 2.51. The van der Waals surface area contributed by atoms with Crippen LogP contribution in [0.4, 0.5) is 0 Å². The lowest BCUT2D eigenvalue weighted by Crippen LogP contribution is -2.14. The molecule has 0 fully saturated rings. The molecule has 0 saturated heterocycles. The molecule has 12 heavy (non-hydrogen) atoms. The van der Waals surface area contributed by atoms with E-state index in [1.54, 1.807) is 0 Å². The van der Waals surface area contributed by atoms with Crippen molar-refractivity contribution < 1.29 is 4.79 Å². The predicted molar refractivity (Wildman–Crippen MR) is 47.7 cm³/mol. The largest absolute Gasteiger partial charge is 0.291 e. The second-order valence-corrected chi connectivity index (χ2v) is 3.33. The van der Waals surface area contributed by atoms with E-state index in [2.05, 4.69) is 24.5 Å². The minimum Gasteiger partial charge on any atom is -0.291 e. The molecule has 0 spiro atoms. The molecule has 2 rings (SSSR count). The lowest BCUT2D eigenvalue weighted by Gasteiger charge is -2.19. The second-order valence-electron chi connectivity index (χ2n) is 3.33. The van der Waals surface area contributed by atoms with Crippen LogP contribution in [-0.2, 0) is 17.6 Å². The van der Waals surface area contributed by atoms with Crippen LogP contribution >= 0.6 is 0 Å². The van der Waals surface area contributed by atoms with Crippen LogP contribution in [0.15, 0.2) is 24.3 Å². The van der Waals surface area contributed by atoms with Crippen molar-refractivity contribution in [1.29, 1.82) is 0 Å². The van der Waals surface area contributed by atoms with Crippen LogP contribution in [0.3, 0.4) is 0 Å². The number of aryl methyl sites for hydroxylation is 1. The molecule has 0 N–H and O–H groups in total. The molecule has 1 unspecified atom stereocenters. The minimum atomic E-state index is 0.139. The third-order valence-corrected chi connectivity index (χ3v) is 2.51. The second kappa shape index (κ2) is 3.10. The van der Waals surface area contributed by atoms with Gasteiger partial charge in [-0.05, 0) is 30.4 Å². The Balaban J connectivity index is 2.28. The average molecular weight is 159 g/mol. The van der Waals surface area contributed by atoms with E-state index < -0.39 is 0 Å². The van der Waals surface area contributed by atoms with Crippen LogP contribution in [-0.4, -0.2) is 6.29 Å². The Morgan fingerprint density at radius 2 is 2.00 bits per heavy atom. The van der Waals surface area contributed by atoms with Crippen LogP contribution in [0.1, 0.15) is 17.5 Å². The molecule has 0 saturated carbocycles. The third kappa shape index (κ3) is 1.27. The van der Waals surface area contributed by atoms with Crippen LogP contribution in [0.2, 0.25) is 0 Å². The quantitative estimate of drug-likeness (QED) is 0.611. The van der Waals surface area contributed by atoms with Crippen molar-refractivity contribution in [2.75, 3.05) is 0 Å². The van der Waals surface area contributed by atoms with Crippen molar-refractivity contribution in [3.63, 3.8) is 0 Å². The van der Waals surface area contributed by atoms with E-state index >= 15 is 0 Å². The van der Waals surface area contributed by atoms with Gasteiger partial charge in [-0.15, -0.1) is 0 Å². The van der Waals surface area contributed by atoms with E-state index in [-0.39, 0.29) is 5.92 Å². The zero-order valence-corrected chi connectivity index (χ0v) is 6.92. The predicted octanol–water partition coefficient (Wildman–Crippen LogP) is 1.90. The summed E-state index contributed by atoms with van der Waals surface area (Å²) < 4.78 is 0. The Morgan fingerprint density at radius 3 is 2.75 bits per heavy atom. The van der Waals surface area contributed by atoms with Crippen molar-refractivity contribution in [2.45, 2.75) is 19.3 Å². The fourth-order valence-corrected chi connectivity index (χ4v) is 1.80. The van der Waals surface area contributed by atoms with Crippen LogP contribution in [0.5, 0.6) is 0 Å². The Morgan fingerprint density at radius 1 is 1.25 bits per heavy atom. The minimum absolute atomic E-state index is 0.139. The highest BCUT2D eigenvalue weighted by Crippen LogP contribution is 2.23. The lowest BCUT2D eigenvalue weighted by molar-refractivity contribution is 0.493. The van der Waals surface area contributed by atoms with Gasteiger partial charge in [0, 0.05) is 5.92 Å². The highest BCUT2D eigenvalue weighted by Gasteiger charge is 2.17. The maximum absolute atomic E-state index is 10.4. The van der Waals surface area contributed by atoms with Gasteiger partial charge in [0.2, 0.25) is 6.29 Å². The summed E-state index contributed by atoms with van der Waals surface area (Å²) in [4.78, 5) is 10.4. The van der Waals surface area contributed by atoms with Gasteiger partial charge in [0.1, 0.15) is 0 Å². The molecule has 1 aromatic rings. The highest BCUT2D eigenvalue weighted by atomic mass is 16.1. The molecule has 1 aromatic carbocycles. The summed E-state index contributed by atoms with van der Waals surface area (Å²) in [6.45, 7) is 0. The summed E-state index contributed by atoms with van der Waals surface area (Å²) >= 11 is 0. The maximum Gasteiger partial charge on any atom is 0.202 e. The number of hydrogen-bond acceptors (Lipinski definition) is 1. The number of fused-ring (bicyclic) bond motifs is 1. The Hall–Kier alpha value is -1.11. The topological polar surface area (TPSA) is 17.1 Å². The van der Waals surface area contributed by atoms with E-state index in [1.807, 2.05) is 6.07 Å². The van der Waals surface area contributed by atoms with E-state index in [1.165, 1.54) is 11.1 Å². The van der Waals surface area contributed by atoms with E-state index in [9.17, 15) is 4.79 Å². The van der Waals surface area contributed by atoms with Gasteiger partial charge < -0.3 is 0 Å². The normalized spacial score (nSPS) is 21.5. The molecular weight excluding hydrogens is 148 g/mol. The summed E-state index contributed by atoms with van der Waals surface area (Å²) in [5, 5.41) is 0. The van der Waals surface area contributed by atoms with Crippen LogP contribution in [0.25, 0.3) is 0 Å². The molecule has 1 aliphatic carbocycles. The summed E-state index contributed by atoms with van der Waals surface area (Å²) in [5.74, 6) is 0.139. The molecule has 0 aromatic heterocycles. The molecule has 1 atom stereocenters. The van der Waals surface area contributed by atoms with Gasteiger partial charge >= 0.3 is 0 Å². The number of benzene rings is 1. The van der Waals surface area contributed by atoms with E-state index in [0.29, 0.717) is 0 Å². The Kier molecular flexibility index (Phi) is 1.94. The van der Waals surface area contributed by atoms with Crippen molar-refractivity contribution >= 4 is 6.29 Å². The van der Waals surface area contributed by atoms with Gasteiger partial charge in [0.05, 0.1) is 0 Å². The van der Waals surface area contributed by atoms with Crippen molar-refractivity contribution in [3.8, 4) is 0 Å². The number of rotatable bonds is 1. The Bertz CT molecular complexity index is 291. The SMILES string of the molecule is O=[C]C1CCc2ccccc2C1. The average Bonchev–Trinajstić information content (AvgIpc) is 2.17. The van der Waals surface area contributed by atoms with Gasteiger partial charge in [0.25, 0.3) is 0 Å². The molecule has 61 valence electrons. The lowest BCUT2D eigenvalue weighted by atomic mass is 9.85. The molecule has 0 heterocycles. The zero-order valence-electron chi connectivity index (χ0n) is 6.92. The smallest absolute Gasteiger partial charge is 0.202 e. The summed E-state index contributed by atoms with van der Waals surface area (Å²) in [5.41, 5.74) is 2.74. The van der Waals surface area contributed by atoms with Crippen molar-refractivity contribution in [3.05, 3.63) is 35.4 Å². The first-order valence-corrected chi connectivity index (χ1v) is 4.34. The molecule has 1 nitrogen and oxygen atoms in total. The standard InChI is InChI=1S/C11H11O/c12-8-9-5-6-10-3-1-2-4-11(10)7-9/h1-4,9H,5-7H2. The van der Waals surface area contributed by atoms with Crippen LogP contribution in [0, 0.1) is 5.92 Å². The van der Waals surface area contributed by atoms with Gasteiger partial charge in [-0.25, -0.2) is 0 Å². The molecule has 1 aliphatic rings. The van der Waals surface area contributed by atoms with Crippen molar-refractivity contribution in [1.82, 2.24) is 0 Å². The monoisotopic (exact) mass is 159 g/mol. The Labute approximate surface area is 72.4 Å². The first kappa shape index (κ1) is 7.53. The molecule has 0 aliphatic heterocycles. The first-order chi connectivity index (χ1) is 5.90. The van der Waals surface area contributed by atoms with Gasteiger partial charge in [-0.3, -0.25) is 4.79 Å². The fraction of sp³-hybridized carbons (Fsp3) is 0.364. The highest BCUT2D eigenvalue weighted by molar-refractivity contribution is 5.56. The van der Waals surface area contributed by atoms with Crippen LogP contribution < -0.4 is 0 Å². The van der Waals surface area contributed by atoms with Gasteiger partial charge in [-0.1, -0.05) is 24.3 Å². The number of carbonyl (C=O) groups excluding carboxylic acids is 1. The van der Waals surface area contributed by atoms with Gasteiger partial charge in [-0.2, -0.15) is 0 Å². The number of hydrogen-bond donors (Lipinski definition) is 0. The van der Waals surface area contributed by atoms with E-state index in [0.717, 1.165) is 19.3 Å². The molecular formula is C11H11O. The molecule has 0 amide bonds. The maximum atomic E-state index is 10.4. The van der Waals surface area contributed by atoms with E-state index in [4.69, 9.17) is 0 Å². The van der Waals surface area contributed by atoms with Gasteiger partial charge in [0.15, 0.2) is 0 Å². The summed E-state index contributed by atoms with van der Waals surface area (Å²) in [6, 6.07) is 8.35. The molecule has 1 radical (unpaired) electrons. The summed E-state index contributed by atoms with van der Waals surface area (Å²) in [7, 11) is 0. The fourth-order valence-electron chi connectivity index (χ4n) is 1.80. The molecule has 1 heteroatoms. The first-order valence-electron chi connectivity index (χ1n) is 4.34. The zero-order chi connectivity index (χ0) is 8.39. The van der Waals surface area contributed by atoms with Crippen molar-refractivity contribution in [2.24, 2.45) is 5.92 Å².